The molecule has 0 spiro atoms. The van der Waals surface area contributed by atoms with Crippen molar-refractivity contribution in [2.24, 2.45) is 0 Å². The molecule has 1 heterocycles. The molecule has 1 saturated carbocycles. The smallest absolute Gasteiger partial charge is 0.330 e. The molecule has 0 bridgehead atoms. The molecule has 108 valence electrons. The maximum atomic E-state index is 12.3. The minimum absolute atomic E-state index is 0.177. The first-order chi connectivity index (χ1) is 9.49. The summed E-state index contributed by atoms with van der Waals surface area (Å²) in [6.45, 7) is 5.59. The Morgan fingerprint density at radius 3 is 2.80 bits per heavy atom. The van der Waals surface area contributed by atoms with E-state index in [1.165, 1.54) is 11.3 Å². The lowest BCUT2D eigenvalue weighted by atomic mass is 10.1. The molecule has 2 rings (SSSR count). The SMILES string of the molecule is C=C(C)[C@H](NC(=O)N(Cc1cscn1)C1CC1)C(=O)O. The van der Waals surface area contributed by atoms with E-state index in [1.807, 2.05) is 5.38 Å². The number of carbonyl (C=O) groups is 2. The van der Waals surface area contributed by atoms with Gasteiger partial charge in [-0.2, -0.15) is 0 Å². The lowest BCUT2D eigenvalue weighted by molar-refractivity contribution is -0.138. The molecule has 0 unspecified atom stereocenters. The molecule has 1 aliphatic rings. The van der Waals surface area contributed by atoms with Crippen molar-refractivity contribution in [3.05, 3.63) is 28.7 Å². The summed E-state index contributed by atoms with van der Waals surface area (Å²) in [5, 5.41) is 13.5. The maximum absolute atomic E-state index is 12.3. The van der Waals surface area contributed by atoms with Gasteiger partial charge in [0, 0.05) is 11.4 Å². The maximum Gasteiger partial charge on any atom is 0.330 e. The number of aromatic nitrogens is 1. The minimum atomic E-state index is -1.10. The van der Waals surface area contributed by atoms with Crippen LogP contribution < -0.4 is 5.32 Å². The third-order valence-corrected chi connectivity index (χ3v) is 3.71. The second-order valence-corrected chi connectivity index (χ2v) is 5.62. The van der Waals surface area contributed by atoms with Gasteiger partial charge in [-0.15, -0.1) is 11.3 Å². The van der Waals surface area contributed by atoms with Crippen LogP contribution in [0.3, 0.4) is 0 Å². The van der Waals surface area contributed by atoms with Crippen LogP contribution in [-0.4, -0.2) is 39.1 Å². The van der Waals surface area contributed by atoms with E-state index >= 15 is 0 Å². The van der Waals surface area contributed by atoms with Crippen LogP contribution in [0.5, 0.6) is 0 Å². The third kappa shape index (κ3) is 3.57. The molecule has 0 aromatic carbocycles. The molecule has 1 aliphatic carbocycles. The molecular formula is C13H17N3O3S. The molecule has 1 aromatic rings. The van der Waals surface area contributed by atoms with Crippen molar-refractivity contribution in [3.8, 4) is 0 Å². The fourth-order valence-electron chi connectivity index (χ4n) is 1.85. The number of carboxylic acid groups (broad SMARTS) is 1. The summed E-state index contributed by atoms with van der Waals surface area (Å²) in [5.41, 5.74) is 2.93. The van der Waals surface area contributed by atoms with Gasteiger partial charge in [-0.3, -0.25) is 0 Å². The Morgan fingerprint density at radius 1 is 1.65 bits per heavy atom. The number of nitrogens with one attached hydrogen (secondary N) is 1. The highest BCUT2D eigenvalue weighted by Crippen LogP contribution is 2.28. The van der Waals surface area contributed by atoms with E-state index in [0.717, 1.165) is 18.5 Å². The topological polar surface area (TPSA) is 82.5 Å². The monoisotopic (exact) mass is 295 g/mol. The van der Waals surface area contributed by atoms with Crippen LogP contribution in [0, 0.1) is 0 Å². The number of rotatable bonds is 6. The van der Waals surface area contributed by atoms with Crippen molar-refractivity contribution < 1.29 is 14.7 Å². The molecule has 6 nitrogen and oxygen atoms in total. The lowest BCUT2D eigenvalue weighted by Gasteiger charge is -2.24. The summed E-state index contributed by atoms with van der Waals surface area (Å²) in [6.07, 6.45) is 1.89. The van der Waals surface area contributed by atoms with Gasteiger partial charge in [0.1, 0.15) is 6.04 Å². The first-order valence-corrected chi connectivity index (χ1v) is 7.25. The van der Waals surface area contributed by atoms with Crippen molar-refractivity contribution in [1.29, 1.82) is 0 Å². The highest BCUT2D eigenvalue weighted by Gasteiger charge is 2.34. The van der Waals surface area contributed by atoms with Crippen LogP contribution in [0.1, 0.15) is 25.5 Å². The number of thiazole rings is 1. The zero-order valence-corrected chi connectivity index (χ0v) is 12.0. The largest absolute Gasteiger partial charge is 0.479 e. The predicted molar refractivity (Wildman–Crippen MR) is 75.4 cm³/mol. The van der Waals surface area contributed by atoms with Gasteiger partial charge in [-0.05, 0) is 25.3 Å². The second kappa shape index (κ2) is 6.04. The van der Waals surface area contributed by atoms with E-state index in [2.05, 4.69) is 16.9 Å². The van der Waals surface area contributed by atoms with Gasteiger partial charge < -0.3 is 15.3 Å². The Bertz CT molecular complexity index is 497. The van der Waals surface area contributed by atoms with E-state index in [-0.39, 0.29) is 12.1 Å². The second-order valence-electron chi connectivity index (χ2n) is 4.91. The fraction of sp³-hybridized carbons (Fsp3) is 0.462. The van der Waals surface area contributed by atoms with E-state index in [0.29, 0.717) is 12.1 Å². The average Bonchev–Trinajstić information content (AvgIpc) is 3.09. The Morgan fingerprint density at radius 2 is 2.35 bits per heavy atom. The Balaban J connectivity index is 2.03. The summed E-state index contributed by atoms with van der Waals surface area (Å²) in [7, 11) is 0. The van der Waals surface area contributed by atoms with E-state index in [9.17, 15) is 9.59 Å². The average molecular weight is 295 g/mol. The van der Waals surface area contributed by atoms with E-state index in [4.69, 9.17) is 5.11 Å². The van der Waals surface area contributed by atoms with Gasteiger partial charge in [-0.1, -0.05) is 6.58 Å². The van der Waals surface area contributed by atoms with Gasteiger partial charge in [0.15, 0.2) is 0 Å². The van der Waals surface area contributed by atoms with Crippen molar-refractivity contribution in [2.45, 2.75) is 38.4 Å². The molecular weight excluding hydrogens is 278 g/mol. The number of carbonyl (C=O) groups excluding carboxylic acids is 1. The summed E-state index contributed by atoms with van der Waals surface area (Å²) in [4.78, 5) is 29.2. The van der Waals surface area contributed by atoms with Gasteiger partial charge in [0.05, 0.1) is 17.7 Å². The lowest BCUT2D eigenvalue weighted by Crippen LogP contribution is -2.48. The predicted octanol–water partition coefficient (Wildman–Crippen LogP) is 1.85. The molecule has 7 heteroatoms. The minimum Gasteiger partial charge on any atom is -0.479 e. The first kappa shape index (κ1) is 14.5. The Kier molecular flexibility index (Phi) is 4.39. The summed E-state index contributed by atoms with van der Waals surface area (Å²) in [6, 6.07) is -1.26. The Labute approximate surface area is 121 Å². The number of aliphatic carboxylic acids is 1. The van der Waals surface area contributed by atoms with Gasteiger partial charge in [0.2, 0.25) is 0 Å². The summed E-state index contributed by atoms with van der Waals surface area (Å²) < 4.78 is 0. The quantitative estimate of drug-likeness (QED) is 0.785. The van der Waals surface area contributed by atoms with Crippen molar-refractivity contribution in [3.63, 3.8) is 0 Å². The van der Waals surface area contributed by atoms with E-state index in [1.54, 1.807) is 17.3 Å². The number of amides is 2. The molecule has 1 atom stereocenters. The zero-order chi connectivity index (χ0) is 14.7. The molecule has 0 radical (unpaired) electrons. The van der Waals surface area contributed by atoms with Gasteiger partial charge >= 0.3 is 12.0 Å². The highest BCUT2D eigenvalue weighted by atomic mass is 32.1. The molecule has 20 heavy (non-hydrogen) atoms. The third-order valence-electron chi connectivity index (χ3n) is 3.07. The van der Waals surface area contributed by atoms with Crippen molar-refractivity contribution in [2.75, 3.05) is 0 Å². The van der Waals surface area contributed by atoms with Crippen LogP contribution in [-0.2, 0) is 11.3 Å². The number of hydrogen-bond acceptors (Lipinski definition) is 4. The molecule has 2 amide bonds. The van der Waals surface area contributed by atoms with Crippen molar-refractivity contribution in [1.82, 2.24) is 15.2 Å². The highest BCUT2D eigenvalue weighted by molar-refractivity contribution is 7.07. The summed E-state index contributed by atoms with van der Waals surface area (Å²) >= 11 is 1.47. The first-order valence-electron chi connectivity index (χ1n) is 6.31. The van der Waals surface area contributed by atoms with E-state index < -0.39 is 12.0 Å². The normalized spacial score (nSPS) is 15.4. The van der Waals surface area contributed by atoms with Crippen LogP contribution in [0.4, 0.5) is 4.79 Å². The molecule has 1 aromatic heterocycles. The number of urea groups is 1. The Hall–Kier alpha value is -1.89. The molecule has 2 N–H and O–H groups in total. The fourth-order valence-corrected chi connectivity index (χ4v) is 2.39. The molecule has 1 fully saturated rings. The van der Waals surface area contributed by atoms with Crippen LogP contribution >= 0.6 is 11.3 Å². The molecule has 0 aliphatic heterocycles. The van der Waals surface area contributed by atoms with Crippen LogP contribution in [0.25, 0.3) is 0 Å². The standard InChI is InChI=1S/C13H17N3O3S/c1-8(2)11(12(17)18)15-13(19)16(10-3-4-10)5-9-6-20-7-14-9/h6-7,10-11H,1,3-5H2,2H3,(H,15,19)(H,17,18)/t11-/m0/s1. The number of hydrogen-bond donors (Lipinski definition) is 2. The zero-order valence-electron chi connectivity index (χ0n) is 11.2. The van der Waals surface area contributed by atoms with Gasteiger partial charge in [-0.25, -0.2) is 14.6 Å². The molecule has 0 saturated heterocycles. The van der Waals surface area contributed by atoms with Crippen LogP contribution in [0.15, 0.2) is 23.0 Å². The number of carboxylic acids is 1. The van der Waals surface area contributed by atoms with Crippen LogP contribution in [0.2, 0.25) is 0 Å². The summed E-state index contributed by atoms with van der Waals surface area (Å²) in [5.74, 6) is -1.10. The van der Waals surface area contributed by atoms with Crippen molar-refractivity contribution >= 4 is 23.3 Å². The van der Waals surface area contributed by atoms with Gasteiger partial charge in [0.25, 0.3) is 0 Å². The number of nitrogens with zero attached hydrogens (tertiary/aromatic N) is 2.